The van der Waals surface area contributed by atoms with Crippen molar-refractivity contribution in [1.82, 2.24) is 16.0 Å². The lowest BCUT2D eigenvalue weighted by molar-refractivity contribution is -0.124. The van der Waals surface area contributed by atoms with Crippen LogP contribution >= 0.6 is 0 Å². The molecule has 2 heterocycles. The van der Waals surface area contributed by atoms with Crippen molar-refractivity contribution in [3.05, 3.63) is 0 Å². The molecule has 0 aromatic heterocycles. The van der Waals surface area contributed by atoms with Gasteiger partial charge in [-0.1, -0.05) is 45.4 Å². The molecule has 2 amide bonds. The zero-order valence-corrected chi connectivity index (χ0v) is 16.8. The minimum Gasteiger partial charge on any atom is -0.356 e. The Labute approximate surface area is 163 Å². The number of hydrogen-bond donors (Lipinski definition) is 3. The van der Waals surface area contributed by atoms with Crippen LogP contribution in [0.3, 0.4) is 0 Å². The van der Waals surface area contributed by atoms with Crippen LogP contribution in [-0.4, -0.2) is 36.5 Å². The molecule has 0 spiro atoms. The van der Waals surface area contributed by atoms with Gasteiger partial charge in [0.05, 0.1) is 6.04 Å². The van der Waals surface area contributed by atoms with Gasteiger partial charge in [-0.25, -0.2) is 0 Å². The van der Waals surface area contributed by atoms with Crippen LogP contribution in [0.1, 0.15) is 77.6 Å². The van der Waals surface area contributed by atoms with E-state index < -0.39 is 0 Å². The number of nitrogens with one attached hydrogen (secondary N) is 3. The lowest BCUT2D eigenvalue weighted by Crippen LogP contribution is -2.48. The molecule has 0 aromatic carbocycles. The van der Waals surface area contributed by atoms with Gasteiger partial charge in [-0.3, -0.25) is 9.59 Å². The van der Waals surface area contributed by atoms with Gasteiger partial charge in [0.2, 0.25) is 11.8 Å². The Balaban J connectivity index is 1.35. The van der Waals surface area contributed by atoms with Gasteiger partial charge in [-0.2, -0.15) is 0 Å². The fourth-order valence-corrected chi connectivity index (χ4v) is 6.33. The average Bonchev–Trinajstić information content (AvgIpc) is 3.03. The number of carbonyl (C=O) groups is 2. The molecule has 3 N–H and O–H groups in total. The van der Waals surface area contributed by atoms with Crippen LogP contribution in [0.2, 0.25) is 0 Å². The Bertz CT molecular complexity index is 546. The molecule has 0 radical (unpaired) electrons. The van der Waals surface area contributed by atoms with Crippen molar-refractivity contribution in [2.75, 3.05) is 6.54 Å². The van der Waals surface area contributed by atoms with Crippen molar-refractivity contribution < 1.29 is 9.59 Å². The standard InChI is InChI=1S/C22H37N3O2/c1-14-6-5-9-16-11-19(25-21(14)16)22(27)24-18-10-17(13-23-20(26)12-18)15-7-3-2-4-8-15/h14-19,21,25H,2-13H2,1H3,(H,23,26)(H,24,27). The lowest BCUT2D eigenvalue weighted by atomic mass is 9.77. The molecule has 0 aromatic rings. The van der Waals surface area contributed by atoms with Crippen LogP contribution < -0.4 is 16.0 Å². The van der Waals surface area contributed by atoms with E-state index in [2.05, 4.69) is 22.9 Å². The van der Waals surface area contributed by atoms with Crippen LogP contribution in [0.15, 0.2) is 0 Å². The first-order chi connectivity index (χ1) is 13.1. The van der Waals surface area contributed by atoms with Gasteiger partial charge < -0.3 is 16.0 Å². The second-order valence-corrected chi connectivity index (χ2v) is 9.76. The number of amides is 2. The number of fused-ring (bicyclic) bond motifs is 1. The quantitative estimate of drug-likeness (QED) is 0.710. The predicted molar refractivity (Wildman–Crippen MR) is 106 cm³/mol. The van der Waals surface area contributed by atoms with Crippen molar-refractivity contribution in [3.8, 4) is 0 Å². The minimum atomic E-state index is -0.0694. The van der Waals surface area contributed by atoms with E-state index in [0.29, 0.717) is 36.1 Å². The van der Waals surface area contributed by atoms with Crippen LogP contribution in [0.5, 0.6) is 0 Å². The van der Waals surface area contributed by atoms with Crippen LogP contribution in [-0.2, 0) is 9.59 Å². The van der Waals surface area contributed by atoms with E-state index in [9.17, 15) is 9.59 Å². The average molecular weight is 376 g/mol. The Morgan fingerprint density at radius 2 is 1.74 bits per heavy atom. The summed E-state index contributed by atoms with van der Waals surface area (Å²) in [5.74, 6) is 2.77. The van der Waals surface area contributed by atoms with Gasteiger partial charge in [-0.15, -0.1) is 0 Å². The van der Waals surface area contributed by atoms with E-state index in [0.717, 1.165) is 19.4 Å². The highest BCUT2D eigenvalue weighted by Crippen LogP contribution is 2.37. The second kappa shape index (κ2) is 8.50. The minimum absolute atomic E-state index is 0.00576. The maximum atomic E-state index is 13.0. The summed E-state index contributed by atoms with van der Waals surface area (Å²) >= 11 is 0. The fraction of sp³-hybridized carbons (Fsp3) is 0.909. The highest BCUT2D eigenvalue weighted by Gasteiger charge is 2.42. The molecule has 2 saturated heterocycles. The van der Waals surface area contributed by atoms with Crippen molar-refractivity contribution in [2.24, 2.45) is 23.7 Å². The van der Waals surface area contributed by atoms with Crippen LogP contribution in [0.4, 0.5) is 0 Å². The monoisotopic (exact) mass is 375 g/mol. The zero-order valence-electron chi connectivity index (χ0n) is 16.8. The van der Waals surface area contributed by atoms with Crippen molar-refractivity contribution >= 4 is 11.8 Å². The molecule has 2 saturated carbocycles. The molecule has 4 rings (SSSR count). The van der Waals surface area contributed by atoms with Gasteiger partial charge in [0.15, 0.2) is 0 Å². The molecule has 5 nitrogen and oxygen atoms in total. The molecule has 152 valence electrons. The van der Waals surface area contributed by atoms with Gasteiger partial charge in [0.25, 0.3) is 0 Å². The molecule has 0 bridgehead atoms. The van der Waals surface area contributed by atoms with E-state index >= 15 is 0 Å². The Kier molecular flexibility index (Phi) is 6.05. The van der Waals surface area contributed by atoms with Gasteiger partial charge in [-0.05, 0) is 49.4 Å². The molecule has 6 unspecified atom stereocenters. The summed E-state index contributed by atoms with van der Waals surface area (Å²) in [6.07, 6.45) is 12.7. The van der Waals surface area contributed by atoms with Gasteiger partial charge in [0.1, 0.15) is 0 Å². The van der Waals surface area contributed by atoms with Crippen molar-refractivity contribution in [3.63, 3.8) is 0 Å². The molecular formula is C22H37N3O2. The highest BCUT2D eigenvalue weighted by molar-refractivity contribution is 5.84. The third-order valence-corrected chi connectivity index (χ3v) is 7.85. The van der Waals surface area contributed by atoms with Gasteiger partial charge >= 0.3 is 0 Å². The molecule has 5 heteroatoms. The predicted octanol–water partition coefficient (Wildman–Crippen LogP) is 2.74. The third-order valence-electron chi connectivity index (χ3n) is 7.85. The highest BCUT2D eigenvalue weighted by atomic mass is 16.2. The molecule has 4 aliphatic rings. The Morgan fingerprint density at radius 3 is 2.52 bits per heavy atom. The summed E-state index contributed by atoms with van der Waals surface area (Å²) in [6.45, 7) is 3.10. The number of rotatable bonds is 3. The summed E-state index contributed by atoms with van der Waals surface area (Å²) in [4.78, 5) is 25.2. The van der Waals surface area contributed by atoms with E-state index in [1.54, 1.807) is 0 Å². The summed E-state index contributed by atoms with van der Waals surface area (Å²) in [5.41, 5.74) is 0. The summed E-state index contributed by atoms with van der Waals surface area (Å²) in [7, 11) is 0. The summed E-state index contributed by atoms with van der Waals surface area (Å²) < 4.78 is 0. The smallest absolute Gasteiger partial charge is 0.237 e. The van der Waals surface area contributed by atoms with Crippen molar-refractivity contribution in [2.45, 2.75) is 95.7 Å². The van der Waals surface area contributed by atoms with E-state index in [1.165, 1.54) is 51.4 Å². The Hall–Kier alpha value is -1.10. The van der Waals surface area contributed by atoms with E-state index in [1.807, 2.05) is 0 Å². The lowest BCUT2D eigenvalue weighted by Gasteiger charge is -2.31. The maximum absolute atomic E-state index is 13.0. The molecule has 27 heavy (non-hydrogen) atoms. The summed E-state index contributed by atoms with van der Waals surface area (Å²) in [6, 6.07) is 0.427. The molecule has 4 fully saturated rings. The topological polar surface area (TPSA) is 70.2 Å². The summed E-state index contributed by atoms with van der Waals surface area (Å²) in [5, 5.41) is 9.99. The molecular weight excluding hydrogens is 338 g/mol. The van der Waals surface area contributed by atoms with E-state index in [-0.39, 0.29) is 23.9 Å². The molecule has 6 atom stereocenters. The number of carbonyl (C=O) groups excluding carboxylic acids is 2. The first-order valence-electron chi connectivity index (χ1n) is 11.4. The number of hydrogen-bond acceptors (Lipinski definition) is 3. The normalized spacial score (nSPS) is 40.7. The first-order valence-corrected chi connectivity index (χ1v) is 11.4. The Morgan fingerprint density at radius 1 is 0.963 bits per heavy atom. The zero-order chi connectivity index (χ0) is 18.8. The maximum Gasteiger partial charge on any atom is 0.237 e. The fourth-order valence-electron chi connectivity index (χ4n) is 6.33. The molecule has 2 aliphatic heterocycles. The largest absolute Gasteiger partial charge is 0.356 e. The first kappa shape index (κ1) is 19.2. The van der Waals surface area contributed by atoms with Crippen molar-refractivity contribution in [1.29, 1.82) is 0 Å². The second-order valence-electron chi connectivity index (χ2n) is 9.76. The molecule has 2 aliphatic carbocycles. The van der Waals surface area contributed by atoms with Crippen LogP contribution in [0.25, 0.3) is 0 Å². The van der Waals surface area contributed by atoms with Gasteiger partial charge in [0, 0.05) is 25.0 Å². The van der Waals surface area contributed by atoms with Crippen LogP contribution in [0, 0.1) is 23.7 Å². The van der Waals surface area contributed by atoms with E-state index in [4.69, 9.17) is 0 Å². The third kappa shape index (κ3) is 4.49. The SMILES string of the molecule is CC1CCCC2CC(C(=O)NC3CC(=O)NCC(C4CCCCC4)C3)NC12.